The van der Waals surface area contributed by atoms with Crippen molar-refractivity contribution in [3.63, 3.8) is 0 Å². The fourth-order valence-corrected chi connectivity index (χ4v) is 7.11. The van der Waals surface area contributed by atoms with E-state index in [0.717, 1.165) is 56.1 Å². The number of piperazine rings is 1. The summed E-state index contributed by atoms with van der Waals surface area (Å²) in [5.41, 5.74) is 0.910. The zero-order valence-electron chi connectivity index (χ0n) is 22.5. The summed E-state index contributed by atoms with van der Waals surface area (Å²) < 4.78 is 22.8. The van der Waals surface area contributed by atoms with Crippen LogP contribution in [0.4, 0.5) is 10.2 Å². The van der Waals surface area contributed by atoms with Gasteiger partial charge in [0.25, 0.3) is 0 Å². The van der Waals surface area contributed by atoms with Gasteiger partial charge in [0.1, 0.15) is 17.1 Å². The van der Waals surface area contributed by atoms with Gasteiger partial charge < -0.3 is 25.0 Å². The van der Waals surface area contributed by atoms with Crippen LogP contribution in [0, 0.1) is 5.82 Å². The summed E-state index contributed by atoms with van der Waals surface area (Å²) in [5, 5.41) is 16.5. The number of nitrogens with one attached hydrogen (secondary N) is 1. The van der Waals surface area contributed by atoms with E-state index in [-0.39, 0.29) is 27.9 Å². The average molecular weight is 562 g/mol. The maximum absolute atomic E-state index is 16.6. The standard InChI is InChI=1S/C31H33ClFN5O2/c1-37-11-4-6-21(37)10-12-40-31-35-29-25(30(36-31)38-16-19-8-9-20(17-38)34-19)15-26(32)27(28(29)33)24-14-22(39)13-18-5-2-3-7-23(18)24/h2-3,5,7,13-15,19-21,34,39H,4,6,8-12,16-17H2,1H3/t19?,20?,21-/m0/s1. The second kappa shape index (κ2) is 10.3. The summed E-state index contributed by atoms with van der Waals surface area (Å²) in [4.78, 5) is 14.0. The van der Waals surface area contributed by atoms with Gasteiger partial charge in [-0.1, -0.05) is 35.9 Å². The van der Waals surface area contributed by atoms with Crippen LogP contribution in [0.2, 0.25) is 5.02 Å². The molecule has 0 aliphatic carbocycles. The number of benzene rings is 3. The van der Waals surface area contributed by atoms with E-state index in [1.165, 1.54) is 6.42 Å². The number of anilines is 1. The van der Waals surface area contributed by atoms with Crippen molar-refractivity contribution in [3.8, 4) is 22.9 Å². The Kier molecular flexibility index (Phi) is 6.65. The van der Waals surface area contributed by atoms with E-state index in [2.05, 4.69) is 27.1 Å². The number of aromatic nitrogens is 2. The molecule has 3 atom stereocenters. The molecule has 7 nitrogen and oxygen atoms in total. The number of fused-ring (bicyclic) bond motifs is 4. The third kappa shape index (κ3) is 4.62. The predicted octanol–water partition coefficient (Wildman–Crippen LogP) is 5.75. The second-order valence-corrected chi connectivity index (χ2v) is 11.9. The number of phenolic OH excluding ortho intramolecular Hbond substituents is 1. The SMILES string of the molecule is CN1CCC[C@H]1CCOc1nc(N2CC3CCC(C2)N3)c2cc(Cl)c(-c3cc(O)cc4ccccc34)c(F)c2n1. The first-order valence-electron chi connectivity index (χ1n) is 14.2. The lowest BCUT2D eigenvalue weighted by Crippen LogP contribution is -2.51. The molecule has 3 aromatic carbocycles. The lowest BCUT2D eigenvalue weighted by atomic mass is 9.96. The molecule has 0 saturated carbocycles. The van der Waals surface area contributed by atoms with Gasteiger partial charge in [0, 0.05) is 42.2 Å². The topological polar surface area (TPSA) is 73.8 Å². The first kappa shape index (κ1) is 25.7. The molecule has 2 N–H and O–H groups in total. The molecule has 0 amide bonds. The van der Waals surface area contributed by atoms with Crippen molar-refractivity contribution in [2.45, 2.75) is 50.2 Å². The summed E-state index contributed by atoms with van der Waals surface area (Å²) in [5.74, 6) is 0.162. The van der Waals surface area contributed by atoms with Crippen LogP contribution in [0.15, 0.2) is 42.5 Å². The third-order valence-corrected chi connectivity index (χ3v) is 9.13. The monoisotopic (exact) mass is 561 g/mol. The van der Waals surface area contributed by atoms with Crippen LogP contribution in [0.3, 0.4) is 0 Å². The molecule has 4 heterocycles. The van der Waals surface area contributed by atoms with Gasteiger partial charge in [-0.2, -0.15) is 9.97 Å². The third-order valence-electron chi connectivity index (χ3n) is 8.83. The molecular weight excluding hydrogens is 529 g/mol. The lowest BCUT2D eigenvalue weighted by Gasteiger charge is -2.34. The highest BCUT2D eigenvalue weighted by molar-refractivity contribution is 6.35. The predicted molar refractivity (Wildman–Crippen MR) is 157 cm³/mol. The van der Waals surface area contributed by atoms with Crippen molar-refractivity contribution < 1.29 is 14.2 Å². The molecule has 40 heavy (non-hydrogen) atoms. The molecule has 3 saturated heterocycles. The van der Waals surface area contributed by atoms with Crippen LogP contribution in [0.1, 0.15) is 32.1 Å². The summed E-state index contributed by atoms with van der Waals surface area (Å²) in [6.45, 7) is 3.14. The number of halogens is 2. The first-order chi connectivity index (χ1) is 19.4. The number of phenols is 1. The van der Waals surface area contributed by atoms with Crippen LogP contribution in [-0.2, 0) is 0 Å². The van der Waals surface area contributed by atoms with Crippen LogP contribution >= 0.6 is 11.6 Å². The van der Waals surface area contributed by atoms with Crippen molar-refractivity contribution in [3.05, 3.63) is 53.3 Å². The highest BCUT2D eigenvalue weighted by Gasteiger charge is 2.34. The second-order valence-electron chi connectivity index (χ2n) is 11.4. The van der Waals surface area contributed by atoms with Gasteiger partial charge in [-0.25, -0.2) is 4.39 Å². The fourth-order valence-electron chi connectivity index (χ4n) is 6.81. The van der Waals surface area contributed by atoms with Crippen LogP contribution in [0.25, 0.3) is 32.8 Å². The number of rotatable bonds is 6. The lowest BCUT2D eigenvalue weighted by molar-refractivity contribution is 0.223. The summed E-state index contributed by atoms with van der Waals surface area (Å²) in [7, 11) is 2.15. The highest BCUT2D eigenvalue weighted by atomic mass is 35.5. The molecule has 2 bridgehead atoms. The quantitative estimate of drug-likeness (QED) is 0.310. The van der Waals surface area contributed by atoms with E-state index in [4.69, 9.17) is 21.3 Å². The Morgan fingerprint density at radius 2 is 1.88 bits per heavy atom. The summed E-state index contributed by atoms with van der Waals surface area (Å²) >= 11 is 6.84. The van der Waals surface area contributed by atoms with Crippen LogP contribution in [-0.4, -0.2) is 71.4 Å². The maximum Gasteiger partial charge on any atom is 0.319 e. The van der Waals surface area contributed by atoms with Gasteiger partial charge in [0.05, 0.1) is 11.6 Å². The van der Waals surface area contributed by atoms with E-state index >= 15 is 4.39 Å². The van der Waals surface area contributed by atoms with Gasteiger partial charge in [-0.15, -0.1) is 0 Å². The van der Waals surface area contributed by atoms with E-state index in [0.29, 0.717) is 41.5 Å². The molecular formula is C31H33ClFN5O2. The fraction of sp³-hybridized carbons (Fsp3) is 0.419. The van der Waals surface area contributed by atoms with Gasteiger partial charge in [0.15, 0.2) is 5.82 Å². The molecule has 9 heteroatoms. The molecule has 0 radical (unpaired) electrons. The highest BCUT2D eigenvalue weighted by Crippen LogP contribution is 2.43. The number of ether oxygens (including phenoxy) is 1. The van der Waals surface area contributed by atoms with Gasteiger partial charge in [0.2, 0.25) is 0 Å². The number of hydrogen-bond donors (Lipinski definition) is 2. The molecule has 3 fully saturated rings. The maximum atomic E-state index is 16.6. The van der Waals surface area contributed by atoms with Crippen molar-refractivity contribution in [2.75, 3.05) is 38.2 Å². The number of nitrogens with zero attached hydrogens (tertiary/aromatic N) is 4. The van der Waals surface area contributed by atoms with Crippen molar-refractivity contribution in [2.24, 2.45) is 0 Å². The molecule has 208 valence electrons. The van der Waals surface area contributed by atoms with Crippen molar-refractivity contribution >= 4 is 39.1 Å². The number of hydrogen-bond acceptors (Lipinski definition) is 7. The molecule has 2 unspecified atom stereocenters. The zero-order chi connectivity index (χ0) is 27.4. The Morgan fingerprint density at radius 3 is 2.65 bits per heavy atom. The van der Waals surface area contributed by atoms with Crippen molar-refractivity contribution in [1.29, 1.82) is 0 Å². The minimum Gasteiger partial charge on any atom is -0.508 e. The molecule has 4 aromatic rings. The Hall–Kier alpha value is -3.20. The van der Waals surface area contributed by atoms with E-state index in [1.54, 1.807) is 18.2 Å². The van der Waals surface area contributed by atoms with Crippen LogP contribution < -0.4 is 15.0 Å². The molecule has 7 rings (SSSR count). The Labute approximate surface area is 237 Å². The number of likely N-dealkylation sites (tertiary alicyclic amines) is 1. The van der Waals surface area contributed by atoms with Gasteiger partial charge >= 0.3 is 6.01 Å². The molecule has 1 aromatic heterocycles. The molecule has 0 spiro atoms. The smallest absolute Gasteiger partial charge is 0.319 e. The van der Waals surface area contributed by atoms with Crippen LogP contribution in [0.5, 0.6) is 11.8 Å². The largest absolute Gasteiger partial charge is 0.508 e. The Bertz CT molecular complexity index is 1590. The van der Waals surface area contributed by atoms with Crippen molar-refractivity contribution in [1.82, 2.24) is 20.2 Å². The Morgan fingerprint density at radius 1 is 1.07 bits per heavy atom. The van der Waals surface area contributed by atoms with E-state index < -0.39 is 5.82 Å². The molecule has 3 aliphatic heterocycles. The minimum absolute atomic E-state index is 0.0461. The minimum atomic E-state index is -0.541. The van der Waals surface area contributed by atoms with Gasteiger partial charge in [-0.05, 0) is 80.2 Å². The van der Waals surface area contributed by atoms with E-state index in [1.807, 2.05) is 24.3 Å². The summed E-state index contributed by atoms with van der Waals surface area (Å²) in [6.07, 6.45) is 5.45. The molecule has 3 aliphatic rings. The first-order valence-corrected chi connectivity index (χ1v) is 14.6. The number of aromatic hydroxyl groups is 1. The Balaban J connectivity index is 1.34. The van der Waals surface area contributed by atoms with E-state index in [9.17, 15) is 5.11 Å². The normalized spacial score (nSPS) is 23.0. The zero-order valence-corrected chi connectivity index (χ0v) is 23.3. The van der Waals surface area contributed by atoms with Gasteiger partial charge in [-0.3, -0.25) is 0 Å². The summed E-state index contributed by atoms with van der Waals surface area (Å²) in [6, 6.07) is 14.0. The average Bonchev–Trinajstić information content (AvgIpc) is 3.51.